The Labute approximate surface area is 155 Å². The number of hydrogen-bond acceptors (Lipinski definition) is 3. The number of nitrogens with one attached hydrogen (secondary N) is 2. The van der Waals surface area contributed by atoms with Gasteiger partial charge < -0.3 is 10.6 Å². The highest BCUT2D eigenvalue weighted by molar-refractivity contribution is 5.80. The molecule has 1 saturated carbocycles. The van der Waals surface area contributed by atoms with Crippen molar-refractivity contribution < 1.29 is 4.79 Å². The fourth-order valence-electron chi connectivity index (χ4n) is 4.46. The highest BCUT2D eigenvalue weighted by atomic mass is 16.1. The lowest BCUT2D eigenvalue weighted by Gasteiger charge is -2.42. The minimum Gasteiger partial charge on any atom is -0.355 e. The zero-order chi connectivity index (χ0) is 18.0. The zero-order valence-corrected chi connectivity index (χ0v) is 15.4. The number of benzene rings is 1. The summed E-state index contributed by atoms with van der Waals surface area (Å²) in [6, 6.07) is 10.7. The van der Waals surface area contributed by atoms with Gasteiger partial charge >= 0.3 is 0 Å². The van der Waals surface area contributed by atoms with Gasteiger partial charge in [0.25, 0.3) is 0 Å². The molecule has 5 nitrogen and oxygen atoms in total. The third-order valence-corrected chi connectivity index (χ3v) is 6.18. The number of amides is 1. The summed E-state index contributed by atoms with van der Waals surface area (Å²) in [4.78, 5) is 12.9. The van der Waals surface area contributed by atoms with E-state index in [2.05, 4.69) is 46.1 Å². The van der Waals surface area contributed by atoms with Gasteiger partial charge in [0.2, 0.25) is 5.91 Å². The monoisotopic (exact) mass is 352 g/mol. The molecule has 1 aromatic carbocycles. The first-order chi connectivity index (χ1) is 12.7. The van der Waals surface area contributed by atoms with Crippen LogP contribution in [0.5, 0.6) is 0 Å². The Morgan fingerprint density at radius 1 is 1.31 bits per heavy atom. The van der Waals surface area contributed by atoms with Crippen molar-refractivity contribution in [1.29, 1.82) is 0 Å². The number of carbonyl (C=O) groups is 1. The van der Waals surface area contributed by atoms with Crippen molar-refractivity contribution in [2.45, 2.75) is 31.6 Å². The fourth-order valence-corrected chi connectivity index (χ4v) is 4.46. The quantitative estimate of drug-likeness (QED) is 0.838. The molecule has 0 spiro atoms. The van der Waals surface area contributed by atoms with Gasteiger partial charge in [0.05, 0.1) is 12.1 Å². The molecule has 1 amide bonds. The van der Waals surface area contributed by atoms with Crippen molar-refractivity contribution in [1.82, 2.24) is 20.4 Å². The standard InChI is InChI=1S/C21H28N4O/c1-25-14-17(11-24-25)18-12-22-13-19(18)20(26)23-15-21(8-5-9-21)10-16-6-3-2-4-7-16/h2-4,6-7,11,14,18-19,22H,5,8-10,12-13,15H2,1H3,(H,23,26)/t18-,19+/m1/s1. The Morgan fingerprint density at radius 2 is 2.12 bits per heavy atom. The highest BCUT2D eigenvalue weighted by Crippen LogP contribution is 2.43. The van der Waals surface area contributed by atoms with Crippen LogP contribution < -0.4 is 10.6 Å². The van der Waals surface area contributed by atoms with Gasteiger partial charge in [0, 0.05) is 38.8 Å². The van der Waals surface area contributed by atoms with Crippen molar-refractivity contribution in [3.8, 4) is 0 Å². The molecule has 4 rings (SSSR count). The summed E-state index contributed by atoms with van der Waals surface area (Å²) in [7, 11) is 1.92. The van der Waals surface area contributed by atoms with E-state index in [0.29, 0.717) is 0 Å². The number of carbonyl (C=O) groups excluding carboxylic acids is 1. The summed E-state index contributed by atoms with van der Waals surface area (Å²) >= 11 is 0. The van der Waals surface area contributed by atoms with E-state index in [0.717, 1.165) is 31.6 Å². The number of aromatic nitrogens is 2. The van der Waals surface area contributed by atoms with Gasteiger partial charge in [-0.1, -0.05) is 36.8 Å². The second-order valence-corrected chi connectivity index (χ2v) is 8.05. The van der Waals surface area contributed by atoms with Crippen LogP contribution in [0.1, 0.15) is 36.3 Å². The molecule has 2 aliphatic rings. The summed E-state index contributed by atoms with van der Waals surface area (Å²) in [6.45, 7) is 2.38. The lowest BCUT2D eigenvalue weighted by atomic mass is 9.65. The van der Waals surface area contributed by atoms with E-state index in [1.807, 2.05) is 24.1 Å². The molecule has 1 aliphatic heterocycles. The number of nitrogens with zero attached hydrogens (tertiary/aromatic N) is 2. The molecule has 2 atom stereocenters. The van der Waals surface area contributed by atoms with Crippen LogP contribution in [0.15, 0.2) is 42.7 Å². The lowest BCUT2D eigenvalue weighted by Crippen LogP contribution is -2.46. The van der Waals surface area contributed by atoms with Crippen LogP contribution in [0.2, 0.25) is 0 Å². The SMILES string of the molecule is Cn1cc([C@H]2CNC[C@@H]2C(=O)NCC2(Cc3ccccc3)CCC2)cn1. The molecular formula is C21H28N4O. The smallest absolute Gasteiger partial charge is 0.225 e. The van der Waals surface area contributed by atoms with Crippen LogP contribution in [0.25, 0.3) is 0 Å². The van der Waals surface area contributed by atoms with E-state index < -0.39 is 0 Å². The average Bonchev–Trinajstić information content (AvgIpc) is 3.26. The van der Waals surface area contributed by atoms with Gasteiger partial charge in [0.15, 0.2) is 0 Å². The lowest BCUT2D eigenvalue weighted by molar-refractivity contribution is -0.125. The van der Waals surface area contributed by atoms with Gasteiger partial charge in [-0.25, -0.2) is 0 Å². The Kier molecular flexibility index (Phi) is 4.81. The summed E-state index contributed by atoms with van der Waals surface area (Å²) in [6.07, 6.45) is 8.66. The number of aryl methyl sites for hydroxylation is 1. The predicted molar refractivity (Wildman–Crippen MR) is 102 cm³/mol. The van der Waals surface area contributed by atoms with Crippen LogP contribution in [-0.4, -0.2) is 35.3 Å². The summed E-state index contributed by atoms with van der Waals surface area (Å²) in [5, 5.41) is 10.9. The van der Waals surface area contributed by atoms with Crippen molar-refractivity contribution in [2.75, 3.05) is 19.6 Å². The van der Waals surface area contributed by atoms with Gasteiger partial charge in [-0.15, -0.1) is 0 Å². The van der Waals surface area contributed by atoms with Gasteiger partial charge in [0.1, 0.15) is 0 Å². The maximum atomic E-state index is 12.9. The van der Waals surface area contributed by atoms with Crippen molar-refractivity contribution >= 4 is 5.91 Å². The molecule has 2 heterocycles. The molecule has 2 fully saturated rings. The van der Waals surface area contributed by atoms with E-state index in [1.165, 1.54) is 24.8 Å². The van der Waals surface area contributed by atoms with E-state index in [9.17, 15) is 4.79 Å². The van der Waals surface area contributed by atoms with Crippen molar-refractivity contribution in [2.24, 2.45) is 18.4 Å². The van der Waals surface area contributed by atoms with E-state index >= 15 is 0 Å². The second-order valence-electron chi connectivity index (χ2n) is 8.05. The highest BCUT2D eigenvalue weighted by Gasteiger charge is 2.39. The van der Waals surface area contributed by atoms with E-state index in [4.69, 9.17) is 0 Å². The van der Waals surface area contributed by atoms with Crippen molar-refractivity contribution in [3.63, 3.8) is 0 Å². The molecule has 0 radical (unpaired) electrons. The minimum absolute atomic E-state index is 0.00643. The molecule has 1 aromatic heterocycles. The fraction of sp³-hybridized carbons (Fsp3) is 0.524. The van der Waals surface area contributed by atoms with Crippen molar-refractivity contribution in [3.05, 3.63) is 53.9 Å². The summed E-state index contributed by atoms with van der Waals surface area (Å²) < 4.78 is 1.81. The van der Waals surface area contributed by atoms with Gasteiger partial charge in [-0.05, 0) is 35.8 Å². The largest absolute Gasteiger partial charge is 0.355 e. The third-order valence-electron chi connectivity index (χ3n) is 6.18. The van der Waals surface area contributed by atoms with Crippen LogP contribution in [-0.2, 0) is 18.3 Å². The molecule has 26 heavy (non-hydrogen) atoms. The Balaban J connectivity index is 1.38. The molecule has 5 heteroatoms. The van der Waals surface area contributed by atoms with Crippen LogP contribution >= 0.6 is 0 Å². The average molecular weight is 352 g/mol. The first kappa shape index (κ1) is 17.3. The zero-order valence-electron chi connectivity index (χ0n) is 15.4. The number of rotatable bonds is 6. The first-order valence-electron chi connectivity index (χ1n) is 9.66. The normalized spacial score (nSPS) is 24.2. The Hall–Kier alpha value is -2.14. The van der Waals surface area contributed by atoms with Crippen LogP contribution in [0.3, 0.4) is 0 Å². The van der Waals surface area contributed by atoms with Crippen LogP contribution in [0.4, 0.5) is 0 Å². The summed E-state index contributed by atoms with van der Waals surface area (Å²) in [5.74, 6) is 0.395. The molecule has 2 N–H and O–H groups in total. The molecule has 2 aromatic rings. The first-order valence-corrected chi connectivity index (χ1v) is 9.66. The summed E-state index contributed by atoms with van der Waals surface area (Å²) in [5.41, 5.74) is 2.77. The van der Waals surface area contributed by atoms with E-state index in [-0.39, 0.29) is 23.2 Å². The third kappa shape index (κ3) is 3.54. The Bertz CT molecular complexity index is 750. The topological polar surface area (TPSA) is 59.0 Å². The molecular weight excluding hydrogens is 324 g/mol. The maximum absolute atomic E-state index is 12.9. The molecule has 1 saturated heterocycles. The molecule has 138 valence electrons. The van der Waals surface area contributed by atoms with Gasteiger partial charge in [-0.2, -0.15) is 5.10 Å². The maximum Gasteiger partial charge on any atom is 0.225 e. The molecule has 1 aliphatic carbocycles. The second kappa shape index (κ2) is 7.23. The Morgan fingerprint density at radius 3 is 2.77 bits per heavy atom. The van der Waals surface area contributed by atoms with Crippen LogP contribution in [0, 0.1) is 11.3 Å². The molecule has 0 bridgehead atoms. The van der Waals surface area contributed by atoms with E-state index in [1.54, 1.807) is 0 Å². The predicted octanol–water partition coefficient (Wildman–Crippen LogP) is 2.25. The van der Waals surface area contributed by atoms with Gasteiger partial charge in [-0.3, -0.25) is 9.48 Å². The number of hydrogen-bond donors (Lipinski definition) is 2. The minimum atomic E-state index is -0.00643. The molecule has 0 unspecified atom stereocenters.